The van der Waals surface area contributed by atoms with Gasteiger partial charge in [0, 0.05) is 36.9 Å². The molecule has 0 unspecified atom stereocenters. The summed E-state index contributed by atoms with van der Waals surface area (Å²) in [6.45, 7) is 1.46. The first-order chi connectivity index (χ1) is 8.59. The van der Waals surface area contributed by atoms with Crippen LogP contribution in [0.15, 0.2) is 48.8 Å². The SMILES string of the molecule is CC(=O)N1C=CC(c2ccccc2[N+](=O)[O-])C=C1. The van der Waals surface area contributed by atoms with Gasteiger partial charge in [-0.15, -0.1) is 0 Å². The summed E-state index contributed by atoms with van der Waals surface area (Å²) in [5.41, 5.74) is 0.714. The van der Waals surface area contributed by atoms with E-state index in [0.29, 0.717) is 5.56 Å². The summed E-state index contributed by atoms with van der Waals surface area (Å²) in [6, 6.07) is 6.61. The molecule has 0 atom stereocenters. The number of benzene rings is 1. The molecule has 0 saturated heterocycles. The molecule has 5 nitrogen and oxygen atoms in total. The molecule has 1 amide bonds. The second kappa shape index (κ2) is 4.83. The number of para-hydroxylation sites is 1. The maximum Gasteiger partial charge on any atom is 0.273 e. The Morgan fingerprint density at radius 1 is 1.28 bits per heavy atom. The molecule has 1 aliphatic rings. The van der Waals surface area contributed by atoms with Gasteiger partial charge in [-0.2, -0.15) is 0 Å². The van der Waals surface area contributed by atoms with Crippen molar-refractivity contribution in [1.82, 2.24) is 4.90 Å². The number of allylic oxidation sites excluding steroid dienone is 2. The van der Waals surface area contributed by atoms with E-state index in [1.165, 1.54) is 17.9 Å². The predicted molar refractivity (Wildman–Crippen MR) is 66.6 cm³/mol. The predicted octanol–water partition coefficient (Wildman–Crippen LogP) is 2.57. The minimum Gasteiger partial charge on any atom is -0.296 e. The van der Waals surface area contributed by atoms with Crippen LogP contribution in [-0.4, -0.2) is 15.7 Å². The fraction of sp³-hybridized carbons (Fsp3) is 0.154. The summed E-state index contributed by atoms with van der Waals surface area (Å²) >= 11 is 0. The Morgan fingerprint density at radius 2 is 1.89 bits per heavy atom. The quantitative estimate of drug-likeness (QED) is 0.593. The molecule has 1 aromatic carbocycles. The lowest BCUT2D eigenvalue weighted by molar-refractivity contribution is -0.385. The zero-order chi connectivity index (χ0) is 13.1. The van der Waals surface area contributed by atoms with Crippen molar-refractivity contribution in [3.05, 3.63) is 64.5 Å². The second-order valence-corrected chi connectivity index (χ2v) is 3.95. The molecule has 0 spiro atoms. The van der Waals surface area contributed by atoms with E-state index in [1.54, 1.807) is 42.8 Å². The Morgan fingerprint density at radius 3 is 2.44 bits per heavy atom. The minimum absolute atomic E-state index is 0.0908. The zero-order valence-corrected chi connectivity index (χ0v) is 9.82. The van der Waals surface area contributed by atoms with E-state index in [2.05, 4.69) is 0 Å². The molecule has 0 saturated carbocycles. The van der Waals surface area contributed by atoms with Crippen LogP contribution in [0, 0.1) is 10.1 Å². The molecule has 92 valence electrons. The van der Waals surface area contributed by atoms with Crippen molar-refractivity contribution in [3.63, 3.8) is 0 Å². The smallest absolute Gasteiger partial charge is 0.273 e. The van der Waals surface area contributed by atoms with Gasteiger partial charge in [-0.05, 0) is 0 Å². The number of nitrogens with zero attached hydrogens (tertiary/aromatic N) is 2. The Kier molecular flexibility index (Phi) is 3.23. The number of nitro benzene ring substituents is 1. The highest BCUT2D eigenvalue weighted by molar-refractivity contribution is 5.76. The third kappa shape index (κ3) is 2.29. The van der Waals surface area contributed by atoms with Crippen molar-refractivity contribution in [3.8, 4) is 0 Å². The van der Waals surface area contributed by atoms with Crippen LogP contribution in [0.1, 0.15) is 18.4 Å². The molecular formula is C13H12N2O3. The van der Waals surface area contributed by atoms with Crippen LogP contribution in [0.25, 0.3) is 0 Å². The number of carbonyl (C=O) groups excluding carboxylic acids is 1. The molecule has 0 fully saturated rings. The Balaban J connectivity index is 2.30. The van der Waals surface area contributed by atoms with E-state index in [4.69, 9.17) is 0 Å². The summed E-state index contributed by atoms with van der Waals surface area (Å²) in [6.07, 6.45) is 6.79. The third-order valence-corrected chi connectivity index (χ3v) is 2.76. The van der Waals surface area contributed by atoms with Crippen molar-refractivity contribution in [1.29, 1.82) is 0 Å². The van der Waals surface area contributed by atoms with Crippen molar-refractivity contribution < 1.29 is 9.72 Å². The number of nitro groups is 1. The van der Waals surface area contributed by atoms with Gasteiger partial charge in [0.25, 0.3) is 5.69 Å². The van der Waals surface area contributed by atoms with Crippen molar-refractivity contribution in [2.75, 3.05) is 0 Å². The topological polar surface area (TPSA) is 63.5 Å². The van der Waals surface area contributed by atoms with Gasteiger partial charge >= 0.3 is 0 Å². The second-order valence-electron chi connectivity index (χ2n) is 3.95. The van der Waals surface area contributed by atoms with Crippen LogP contribution in [0.4, 0.5) is 5.69 Å². The number of hydrogen-bond acceptors (Lipinski definition) is 3. The fourth-order valence-corrected chi connectivity index (χ4v) is 1.84. The molecule has 0 radical (unpaired) electrons. The van der Waals surface area contributed by atoms with E-state index in [9.17, 15) is 14.9 Å². The Hall–Kier alpha value is -2.43. The van der Waals surface area contributed by atoms with Gasteiger partial charge in [-0.1, -0.05) is 30.4 Å². The molecular weight excluding hydrogens is 232 g/mol. The average Bonchev–Trinajstić information content (AvgIpc) is 2.39. The summed E-state index contributed by atoms with van der Waals surface area (Å²) in [4.78, 5) is 23.1. The first-order valence-electron chi connectivity index (χ1n) is 5.48. The Bertz CT molecular complexity index is 535. The van der Waals surface area contributed by atoms with Crippen LogP contribution < -0.4 is 0 Å². The van der Waals surface area contributed by atoms with Crippen molar-refractivity contribution in [2.24, 2.45) is 0 Å². The fourth-order valence-electron chi connectivity index (χ4n) is 1.84. The lowest BCUT2D eigenvalue weighted by Gasteiger charge is -2.18. The molecule has 5 heteroatoms. The molecule has 0 aromatic heterocycles. The highest BCUT2D eigenvalue weighted by atomic mass is 16.6. The monoisotopic (exact) mass is 244 g/mol. The highest BCUT2D eigenvalue weighted by Gasteiger charge is 2.20. The molecule has 1 aromatic rings. The number of carbonyl (C=O) groups is 1. The Labute approximate surface area is 104 Å². The first-order valence-corrected chi connectivity index (χ1v) is 5.48. The molecule has 0 aliphatic carbocycles. The molecule has 2 rings (SSSR count). The van der Waals surface area contributed by atoms with Gasteiger partial charge < -0.3 is 0 Å². The molecule has 1 heterocycles. The van der Waals surface area contributed by atoms with E-state index in [-0.39, 0.29) is 17.5 Å². The van der Waals surface area contributed by atoms with E-state index in [1.807, 2.05) is 0 Å². The zero-order valence-electron chi connectivity index (χ0n) is 9.82. The number of rotatable bonds is 2. The lowest BCUT2D eigenvalue weighted by Crippen LogP contribution is -2.18. The summed E-state index contributed by atoms with van der Waals surface area (Å²) in [5.74, 6) is -0.272. The average molecular weight is 244 g/mol. The lowest BCUT2D eigenvalue weighted by atomic mass is 9.96. The third-order valence-electron chi connectivity index (χ3n) is 2.76. The normalized spacial score (nSPS) is 14.8. The van der Waals surface area contributed by atoms with E-state index in [0.717, 1.165) is 0 Å². The molecule has 0 bridgehead atoms. The van der Waals surface area contributed by atoms with Crippen molar-refractivity contribution >= 4 is 11.6 Å². The first kappa shape index (κ1) is 12.0. The molecule has 0 N–H and O–H groups in total. The van der Waals surface area contributed by atoms with Gasteiger partial charge in [0.2, 0.25) is 5.91 Å². The summed E-state index contributed by atoms with van der Waals surface area (Å²) < 4.78 is 0. The highest BCUT2D eigenvalue weighted by Crippen LogP contribution is 2.30. The standard InChI is InChI=1S/C13H12N2O3/c1-10(16)14-8-6-11(7-9-14)12-4-2-3-5-13(12)15(17)18/h2-9,11H,1H3. The van der Waals surface area contributed by atoms with Crippen LogP contribution in [0.2, 0.25) is 0 Å². The number of amides is 1. The largest absolute Gasteiger partial charge is 0.296 e. The molecule has 18 heavy (non-hydrogen) atoms. The van der Waals surface area contributed by atoms with Gasteiger partial charge in [-0.25, -0.2) is 0 Å². The summed E-state index contributed by atoms with van der Waals surface area (Å²) in [7, 11) is 0. The number of hydrogen-bond donors (Lipinski definition) is 0. The van der Waals surface area contributed by atoms with E-state index >= 15 is 0 Å². The summed E-state index contributed by atoms with van der Waals surface area (Å²) in [5, 5.41) is 10.9. The van der Waals surface area contributed by atoms with E-state index < -0.39 is 4.92 Å². The van der Waals surface area contributed by atoms with Crippen LogP contribution in [0.3, 0.4) is 0 Å². The van der Waals surface area contributed by atoms with Gasteiger partial charge in [-0.3, -0.25) is 19.8 Å². The van der Waals surface area contributed by atoms with Gasteiger partial charge in [0.15, 0.2) is 0 Å². The van der Waals surface area contributed by atoms with Crippen LogP contribution >= 0.6 is 0 Å². The maximum atomic E-state index is 11.1. The van der Waals surface area contributed by atoms with Gasteiger partial charge in [0.1, 0.15) is 0 Å². The van der Waals surface area contributed by atoms with Crippen LogP contribution in [-0.2, 0) is 4.79 Å². The molecule has 1 aliphatic heterocycles. The van der Waals surface area contributed by atoms with Crippen LogP contribution in [0.5, 0.6) is 0 Å². The minimum atomic E-state index is -0.394. The maximum absolute atomic E-state index is 11.1. The van der Waals surface area contributed by atoms with Crippen molar-refractivity contribution in [2.45, 2.75) is 12.8 Å². The van der Waals surface area contributed by atoms with Gasteiger partial charge in [0.05, 0.1) is 4.92 Å².